The first-order chi connectivity index (χ1) is 14.1. The van der Waals surface area contributed by atoms with Gasteiger partial charge in [0, 0.05) is 18.0 Å². The lowest BCUT2D eigenvalue weighted by Crippen LogP contribution is -2.19. The average molecular weight is 411 g/mol. The molecule has 0 unspecified atom stereocenters. The van der Waals surface area contributed by atoms with Gasteiger partial charge >= 0.3 is 0 Å². The third-order valence-electron chi connectivity index (χ3n) is 4.57. The zero-order valence-electron chi connectivity index (χ0n) is 16.7. The summed E-state index contributed by atoms with van der Waals surface area (Å²) in [5, 5.41) is 15.8. The predicted octanol–water partition coefficient (Wildman–Crippen LogP) is 4.64. The highest BCUT2D eigenvalue weighted by Gasteiger charge is 2.13. The number of allylic oxidation sites excluding steroid dienone is 3. The van der Waals surface area contributed by atoms with Crippen molar-refractivity contribution in [2.45, 2.75) is 39.5 Å². The molecule has 3 rings (SSSR count). The van der Waals surface area contributed by atoms with Gasteiger partial charge in [0.25, 0.3) is 5.91 Å². The highest BCUT2D eigenvalue weighted by molar-refractivity contribution is 7.17. The van der Waals surface area contributed by atoms with E-state index in [-0.39, 0.29) is 12.5 Å². The van der Waals surface area contributed by atoms with E-state index in [9.17, 15) is 4.79 Å². The maximum atomic E-state index is 12.6. The summed E-state index contributed by atoms with van der Waals surface area (Å²) >= 11 is 1.26. The summed E-state index contributed by atoms with van der Waals surface area (Å²) in [7, 11) is 0. The second kappa shape index (κ2) is 10.1. The second-order valence-electron chi connectivity index (χ2n) is 6.90. The number of anilines is 1. The highest BCUT2D eigenvalue weighted by atomic mass is 32.1. The molecule has 2 aromatic rings. The zero-order valence-corrected chi connectivity index (χ0v) is 17.6. The SMILES string of the molecule is Cc1cccc(C)c1NC(=O)c1cnc(/N=C2\C=CCC=C(CCCCO)N2)s1. The molecule has 6 nitrogen and oxygen atoms in total. The summed E-state index contributed by atoms with van der Waals surface area (Å²) in [6.45, 7) is 4.16. The van der Waals surface area contributed by atoms with Gasteiger partial charge in [-0.2, -0.15) is 0 Å². The molecule has 0 saturated carbocycles. The van der Waals surface area contributed by atoms with E-state index in [2.05, 4.69) is 26.7 Å². The molecule has 3 N–H and O–H groups in total. The molecule has 1 amide bonds. The number of nitrogens with one attached hydrogen (secondary N) is 2. The molecule has 1 aromatic heterocycles. The van der Waals surface area contributed by atoms with Crippen molar-refractivity contribution in [2.24, 2.45) is 4.99 Å². The number of benzene rings is 1. The number of hydrogen-bond acceptors (Lipinski definition) is 5. The van der Waals surface area contributed by atoms with Gasteiger partial charge in [0.1, 0.15) is 10.7 Å². The molecular formula is C22H26N4O2S. The Kier molecular flexibility index (Phi) is 7.32. The van der Waals surface area contributed by atoms with Crippen molar-refractivity contribution in [3.8, 4) is 0 Å². The number of aliphatic imine (C=N–C) groups is 1. The van der Waals surface area contributed by atoms with E-state index in [4.69, 9.17) is 5.11 Å². The van der Waals surface area contributed by atoms with Gasteiger partial charge in [0.15, 0.2) is 0 Å². The Morgan fingerprint density at radius 3 is 2.86 bits per heavy atom. The van der Waals surface area contributed by atoms with E-state index in [0.717, 1.165) is 48.2 Å². The fraction of sp³-hybridized carbons (Fsp3) is 0.318. The van der Waals surface area contributed by atoms with E-state index in [1.165, 1.54) is 11.3 Å². The van der Waals surface area contributed by atoms with E-state index in [1.54, 1.807) is 6.20 Å². The summed E-state index contributed by atoms with van der Waals surface area (Å²) in [6.07, 6.45) is 11.0. The lowest BCUT2D eigenvalue weighted by molar-refractivity contribution is 0.103. The summed E-state index contributed by atoms with van der Waals surface area (Å²) < 4.78 is 0. The lowest BCUT2D eigenvalue weighted by Gasteiger charge is -2.10. The number of aliphatic hydroxyl groups excluding tert-OH is 1. The second-order valence-corrected chi connectivity index (χ2v) is 7.91. The lowest BCUT2D eigenvalue weighted by atomic mass is 10.1. The first-order valence-corrected chi connectivity index (χ1v) is 10.5. The normalized spacial score (nSPS) is 15.0. The van der Waals surface area contributed by atoms with Gasteiger partial charge in [-0.1, -0.05) is 41.7 Å². The third kappa shape index (κ3) is 5.85. The molecule has 0 aliphatic carbocycles. The van der Waals surface area contributed by atoms with Crippen LogP contribution < -0.4 is 10.6 Å². The smallest absolute Gasteiger partial charge is 0.267 e. The van der Waals surface area contributed by atoms with Gasteiger partial charge in [-0.3, -0.25) is 4.79 Å². The maximum Gasteiger partial charge on any atom is 0.267 e. The minimum atomic E-state index is -0.180. The van der Waals surface area contributed by atoms with Crippen LogP contribution in [0.5, 0.6) is 0 Å². The number of aryl methyl sites for hydroxylation is 2. The van der Waals surface area contributed by atoms with E-state index in [0.29, 0.717) is 15.8 Å². The monoisotopic (exact) mass is 410 g/mol. The van der Waals surface area contributed by atoms with Crippen LogP contribution in [0.1, 0.15) is 46.5 Å². The largest absolute Gasteiger partial charge is 0.396 e. The molecule has 0 saturated heterocycles. The summed E-state index contributed by atoms with van der Waals surface area (Å²) in [5.74, 6) is 0.522. The Morgan fingerprint density at radius 2 is 2.10 bits per heavy atom. The van der Waals surface area contributed by atoms with Crippen LogP contribution in [0.4, 0.5) is 10.8 Å². The van der Waals surface area contributed by atoms with Crippen molar-refractivity contribution in [2.75, 3.05) is 11.9 Å². The van der Waals surface area contributed by atoms with Crippen molar-refractivity contribution in [1.29, 1.82) is 0 Å². The predicted molar refractivity (Wildman–Crippen MR) is 119 cm³/mol. The number of para-hydroxylation sites is 1. The van der Waals surface area contributed by atoms with Gasteiger partial charge in [-0.15, -0.1) is 0 Å². The van der Waals surface area contributed by atoms with Crippen LogP contribution in [0.2, 0.25) is 0 Å². The average Bonchev–Trinajstić information content (AvgIpc) is 3.05. The number of unbranched alkanes of at least 4 members (excludes halogenated alkanes) is 1. The molecule has 0 spiro atoms. The zero-order chi connectivity index (χ0) is 20.6. The first kappa shape index (κ1) is 21.0. The molecule has 2 heterocycles. The van der Waals surface area contributed by atoms with Crippen LogP contribution in [-0.2, 0) is 0 Å². The van der Waals surface area contributed by atoms with Crippen LogP contribution >= 0.6 is 11.3 Å². The number of carbonyl (C=O) groups is 1. The van der Waals surface area contributed by atoms with Gasteiger partial charge in [0.05, 0.1) is 6.20 Å². The number of rotatable bonds is 7. The van der Waals surface area contributed by atoms with Crippen LogP contribution in [0.15, 0.2) is 53.3 Å². The summed E-state index contributed by atoms with van der Waals surface area (Å²) in [4.78, 5) is 22.0. The summed E-state index contributed by atoms with van der Waals surface area (Å²) in [6, 6.07) is 5.92. The standard InChI is InChI=1S/C22H26N4O2S/c1-15-8-7-9-16(2)20(15)26-21(28)18-14-23-22(29-18)25-19-12-4-3-10-17(24-19)11-5-6-13-27/h4,7-10,12,14,27H,3,5-6,11,13H2,1-2H3,(H,26,28)(H,23,24,25). The highest BCUT2D eigenvalue weighted by Crippen LogP contribution is 2.25. The molecule has 0 fully saturated rings. The van der Waals surface area contributed by atoms with Gasteiger partial charge < -0.3 is 15.7 Å². The Morgan fingerprint density at radius 1 is 1.31 bits per heavy atom. The number of aliphatic hydroxyl groups is 1. The van der Waals surface area contributed by atoms with Gasteiger partial charge in [-0.25, -0.2) is 9.98 Å². The number of amidine groups is 1. The number of hydrogen-bond donors (Lipinski definition) is 3. The van der Waals surface area contributed by atoms with E-state index < -0.39 is 0 Å². The number of aromatic nitrogens is 1. The number of amides is 1. The van der Waals surface area contributed by atoms with Crippen LogP contribution in [0.25, 0.3) is 0 Å². The topological polar surface area (TPSA) is 86.6 Å². The van der Waals surface area contributed by atoms with Crippen molar-refractivity contribution >= 4 is 33.9 Å². The first-order valence-electron chi connectivity index (χ1n) is 9.72. The minimum Gasteiger partial charge on any atom is -0.396 e. The van der Waals surface area contributed by atoms with Gasteiger partial charge in [-0.05, 0) is 56.7 Å². The third-order valence-corrected chi connectivity index (χ3v) is 5.46. The molecular weight excluding hydrogens is 384 g/mol. The van der Waals surface area contributed by atoms with Gasteiger partial charge in [0.2, 0.25) is 5.13 Å². The molecule has 1 aliphatic heterocycles. The van der Waals surface area contributed by atoms with E-state index in [1.807, 2.05) is 44.2 Å². The minimum absolute atomic E-state index is 0.180. The molecule has 29 heavy (non-hydrogen) atoms. The van der Waals surface area contributed by atoms with Crippen LogP contribution in [0.3, 0.4) is 0 Å². The van der Waals surface area contributed by atoms with Crippen molar-refractivity contribution in [3.05, 3.63) is 64.3 Å². The number of nitrogens with zero attached hydrogens (tertiary/aromatic N) is 2. The van der Waals surface area contributed by atoms with Crippen LogP contribution in [-0.4, -0.2) is 28.4 Å². The quantitative estimate of drug-likeness (QED) is 0.581. The fourth-order valence-corrected chi connectivity index (χ4v) is 3.71. The van der Waals surface area contributed by atoms with Crippen molar-refractivity contribution < 1.29 is 9.90 Å². The Bertz CT molecular complexity index is 939. The molecule has 0 atom stereocenters. The fourth-order valence-electron chi connectivity index (χ4n) is 3.02. The number of thiazole rings is 1. The summed E-state index contributed by atoms with van der Waals surface area (Å²) in [5.41, 5.74) is 3.98. The molecule has 7 heteroatoms. The number of carbonyl (C=O) groups excluding carboxylic acids is 1. The molecule has 1 aliphatic rings. The van der Waals surface area contributed by atoms with E-state index >= 15 is 0 Å². The molecule has 0 radical (unpaired) electrons. The Hall–Kier alpha value is -2.77. The van der Waals surface area contributed by atoms with Crippen molar-refractivity contribution in [3.63, 3.8) is 0 Å². The maximum absolute atomic E-state index is 12.6. The van der Waals surface area contributed by atoms with Crippen molar-refractivity contribution in [1.82, 2.24) is 10.3 Å². The van der Waals surface area contributed by atoms with Crippen LogP contribution in [0, 0.1) is 13.8 Å². The Balaban J connectivity index is 1.69. The Labute approximate surface area is 175 Å². The molecule has 152 valence electrons. The molecule has 0 bridgehead atoms. The molecule has 1 aromatic carbocycles.